The monoisotopic (exact) mass is 241 g/mol. The molecular weight excluding hydrogens is 222 g/mol. The first-order valence-corrected chi connectivity index (χ1v) is 6.07. The molecule has 3 N–H and O–H groups in total. The molecule has 5 nitrogen and oxygen atoms in total. The normalized spacial score (nSPS) is 12.0. The van der Waals surface area contributed by atoms with Gasteiger partial charge in [-0.3, -0.25) is 5.43 Å². The van der Waals surface area contributed by atoms with Crippen LogP contribution in [0, 0.1) is 6.92 Å². The summed E-state index contributed by atoms with van der Waals surface area (Å²) in [4.78, 5) is 11.8. The number of nitrogens with zero attached hydrogens (tertiary/aromatic N) is 3. The minimum Gasteiger partial charge on any atom is -0.340 e. The van der Waals surface area contributed by atoms with Gasteiger partial charge in [-0.1, -0.05) is 0 Å². The lowest BCUT2D eigenvalue weighted by atomic mass is 10.4. The van der Waals surface area contributed by atoms with Crippen molar-refractivity contribution in [2.24, 2.45) is 10.8 Å². The number of hydrazine groups is 1. The summed E-state index contributed by atoms with van der Waals surface area (Å²) < 4.78 is 0. The van der Waals surface area contributed by atoms with Crippen LogP contribution >= 0.6 is 11.3 Å². The number of thiazole rings is 1. The molecule has 0 radical (unpaired) electrons. The van der Waals surface area contributed by atoms with Gasteiger partial charge in [0.25, 0.3) is 0 Å². The highest BCUT2D eigenvalue weighted by molar-refractivity contribution is 7.09. The molecule has 16 heavy (non-hydrogen) atoms. The molecule has 1 heterocycles. The number of nitrogens with two attached hydrogens (primary N) is 1. The Morgan fingerprint density at radius 2 is 2.38 bits per heavy atom. The van der Waals surface area contributed by atoms with Gasteiger partial charge in [-0.25, -0.2) is 15.8 Å². The van der Waals surface area contributed by atoms with Crippen molar-refractivity contribution in [3.05, 3.63) is 16.1 Å². The zero-order valence-corrected chi connectivity index (χ0v) is 11.0. The summed E-state index contributed by atoms with van der Waals surface area (Å²) in [5, 5.41) is 0. The number of guanidine groups is 1. The first kappa shape index (κ1) is 12.9. The first-order valence-electron chi connectivity index (χ1n) is 5.19. The molecular formula is C10H19N5S. The molecule has 1 aromatic rings. The minimum atomic E-state index is 0.219. The van der Waals surface area contributed by atoms with Crippen molar-refractivity contribution in [1.82, 2.24) is 15.3 Å². The molecule has 1 aromatic heterocycles. The van der Waals surface area contributed by atoms with Crippen LogP contribution in [0.25, 0.3) is 0 Å². The molecule has 90 valence electrons. The van der Waals surface area contributed by atoms with Crippen molar-refractivity contribution in [3.63, 3.8) is 0 Å². The van der Waals surface area contributed by atoms with E-state index in [1.54, 1.807) is 11.3 Å². The molecule has 0 aromatic carbocycles. The lowest BCUT2D eigenvalue weighted by Gasteiger charge is -2.20. The predicted octanol–water partition coefficient (Wildman–Crippen LogP) is 1.11. The summed E-state index contributed by atoms with van der Waals surface area (Å²) in [6.45, 7) is 6.81. The summed E-state index contributed by atoms with van der Waals surface area (Å²) in [5.74, 6) is 6.15. The van der Waals surface area contributed by atoms with E-state index in [-0.39, 0.29) is 6.04 Å². The lowest BCUT2D eigenvalue weighted by Crippen LogP contribution is -2.42. The molecule has 0 fully saturated rings. The van der Waals surface area contributed by atoms with E-state index < -0.39 is 0 Å². The van der Waals surface area contributed by atoms with E-state index in [0.29, 0.717) is 5.96 Å². The fraction of sp³-hybridized carbons (Fsp3) is 0.600. The van der Waals surface area contributed by atoms with E-state index in [9.17, 15) is 0 Å². The average Bonchev–Trinajstić information content (AvgIpc) is 2.60. The number of aryl methyl sites for hydroxylation is 1. The van der Waals surface area contributed by atoms with Crippen molar-refractivity contribution in [3.8, 4) is 0 Å². The molecule has 0 amide bonds. The van der Waals surface area contributed by atoms with Gasteiger partial charge in [0.1, 0.15) is 0 Å². The molecule has 0 saturated heterocycles. The number of aliphatic imine (C=N–C) groups is 1. The van der Waals surface area contributed by atoms with Gasteiger partial charge in [-0.05, 0) is 20.8 Å². The Bertz CT molecular complexity index is 358. The highest BCUT2D eigenvalue weighted by Gasteiger charge is 2.09. The maximum atomic E-state index is 5.45. The maximum absolute atomic E-state index is 5.45. The number of aromatic nitrogens is 1. The molecule has 0 spiro atoms. The molecule has 1 rings (SSSR count). The smallest absolute Gasteiger partial charge is 0.208 e. The van der Waals surface area contributed by atoms with Gasteiger partial charge >= 0.3 is 0 Å². The van der Waals surface area contributed by atoms with Crippen LogP contribution in [0.4, 0.5) is 0 Å². The van der Waals surface area contributed by atoms with Crippen LogP contribution in [0.2, 0.25) is 0 Å². The Balaban J connectivity index is 2.70. The quantitative estimate of drug-likeness (QED) is 0.360. The Hall–Kier alpha value is -1.14. The second-order valence-electron chi connectivity index (χ2n) is 3.91. The zero-order valence-electron chi connectivity index (χ0n) is 10.2. The van der Waals surface area contributed by atoms with Crippen LogP contribution in [-0.2, 0) is 6.54 Å². The summed E-state index contributed by atoms with van der Waals surface area (Å²) in [7, 11) is 1.96. The second-order valence-corrected chi connectivity index (χ2v) is 4.85. The number of rotatable bonds is 3. The number of hydrogen-bond donors (Lipinski definition) is 2. The van der Waals surface area contributed by atoms with Crippen LogP contribution in [0.3, 0.4) is 0 Å². The third kappa shape index (κ3) is 3.46. The molecule has 0 atom stereocenters. The van der Waals surface area contributed by atoms with E-state index in [1.807, 2.05) is 38.2 Å². The van der Waals surface area contributed by atoms with Gasteiger partial charge in [0.15, 0.2) is 0 Å². The predicted molar refractivity (Wildman–Crippen MR) is 68.2 cm³/mol. The molecule has 6 heteroatoms. The first-order chi connectivity index (χ1) is 7.54. The third-order valence-electron chi connectivity index (χ3n) is 2.10. The Kier molecular flexibility index (Phi) is 4.70. The highest BCUT2D eigenvalue weighted by Crippen LogP contribution is 2.14. The van der Waals surface area contributed by atoms with E-state index in [2.05, 4.69) is 15.4 Å². The fourth-order valence-electron chi connectivity index (χ4n) is 1.26. The summed E-state index contributed by atoms with van der Waals surface area (Å²) in [5.41, 5.74) is 5.55. The van der Waals surface area contributed by atoms with Crippen molar-refractivity contribution < 1.29 is 0 Å². The van der Waals surface area contributed by atoms with Gasteiger partial charge < -0.3 is 4.90 Å². The van der Waals surface area contributed by atoms with Crippen LogP contribution in [0.15, 0.2) is 10.5 Å². The van der Waals surface area contributed by atoms with Gasteiger partial charge in [-0.2, -0.15) is 0 Å². The van der Waals surface area contributed by atoms with Crippen molar-refractivity contribution in [2.75, 3.05) is 7.05 Å². The molecule has 0 aliphatic rings. The van der Waals surface area contributed by atoms with E-state index in [1.165, 1.54) is 4.88 Å². The Morgan fingerprint density at radius 1 is 1.69 bits per heavy atom. The van der Waals surface area contributed by atoms with E-state index in [0.717, 1.165) is 12.2 Å². The van der Waals surface area contributed by atoms with Crippen LogP contribution < -0.4 is 11.3 Å². The average molecular weight is 241 g/mol. The van der Waals surface area contributed by atoms with Gasteiger partial charge in [0.05, 0.1) is 17.7 Å². The Morgan fingerprint density at radius 3 is 2.81 bits per heavy atom. The highest BCUT2D eigenvalue weighted by atomic mass is 32.1. The number of hydrogen-bond acceptors (Lipinski definition) is 4. The fourth-order valence-corrected chi connectivity index (χ4v) is 2.09. The van der Waals surface area contributed by atoms with Gasteiger partial charge in [0, 0.05) is 18.0 Å². The molecule has 0 bridgehead atoms. The minimum absolute atomic E-state index is 0.219. The standard InChI is InChI=1S/C10H19N5S/c1-7(2)13-10(14-11)15(4)5-9-8(3)12-6-16-9/h6-7H,5,11H2,1-4H3,(H,13,14). The number of nitrogens with one attached hydrogen (secondary N) is 1. The third-order valence-corrected chi connectivity index (χ3v) is 3.02. The van der Waals surface area contributed by atoms with Crippen LogP contribution in [0.1, 0.15) is 24.4 Å². The van der Waals surface area contributed by atoms with Crippen molar-refractivity contribution in [2.45, 2.75) is 33.4 Å². The lowest BCUT2D eigenvalue weighted by molar-refractivity contribution is 0.477. The molecule has 0 aliphatic carbocycles. The summed E-state index contributed by atoms with van der Waals surface area (Å²) in [6, 6.07) is 0.219. The molecule has 0 saturated carbocycles. The maximum Gasteiger partial charge on any atom is 0.208 e. The van der Waals surface area contributed by atoms with Gasteiger partial charge in [-0.15, -0.1) is 11.3 Å². The summed E-state index contributed by atoms with van der Waals surface area (Å²) in [6.07, 6.45) is 0. The van der Waals surface area contributed by atoms with Crippen molar-refractivity contribution in [1.29, 1.82) is 0 Å². The summed E-state index contributed by atoms with van der Waals surface area (Å²) >= 11 is 1.65. The van der Waals surface area contributed by atoms with E-state index >= 15 is 0 Å². The van der Waals surface area contributed by atoms with Gasteiger partial charge in [0.2, 0.25) is 5.96 Å². The Labute approximate surface area is 100 Å². The topological polar surface area (TPSA) is 66.5 Å². The molecule has 0 unspecified atom stereocenters. The largest absolute Gasteiger partial charge is 0.340 e. The van der Waals surface area contributed by atoms with E-state index in [4.69, 9.17) is 5.84 Å². The second kappa shape index (κ2) is 5.81. The van der Waals surface area contributed by atoms with Crippen LogP contribution in [-0.4, -0.2) is 28.9 Å². The molecule has 0 aliphatic heterocycles. The van der Waals surface area contributed by atoms with Crippen LogP contribution in [0.5, 0.6) is 0 Å². The van der Waals surface area contributed by atoms with Crippen molar-refractivity contribution >= 4 is 17.3 Å². The zero-order chi connectivity index (χ0) is 12.1. The SMILES string of the molecule is Cc1ncsc1CN(C)C(=NC(C)C)NN.